The maximum absolute atomic E-state index is 12.4. The normalized spacial score (nSPS) is 15.0. The number of hydrogen-bond donors (Lipinski definition) is 0. The molecule has 1 aliphatic rings. The number of carbonyl (C=O) groups is 1. The second kappa shape index (κ2) is 15.4. The Bertz CT molecular complexity index is 857. The van der Waals surface area contributed by atoms with Gasteiger partial charge in [0.05, 0.1) is 0 Å². The van der Waals surface area contributed by atoms with E-state index in [1.165, 1.54) is 0 Å². The summed E-state index contributed by atoms with van der Waals surface area (Å²) in [7, 11) is 0. The van der Waals surface area contributed by atoms with Crippen LogP contribution in [-0.2, 0) is 43.7 Å². The maximum Gasteiger partial charge on any atom is 2.00 e. The third-order valence-corrected chi connectivity index (χ3v) is 4.27. The van der Waals surface area contributed by atoms with Gasteiger partial charge in [-0.15, -0.1) is 47.5 Å². The van der Waals surface area contributed by atoms with Gasteiger partial charge < -0.3 is 9.53 Å². The van der Waals surface area contributed by atoms with Crippen molar-refractivity contribution in [3.8, 4) is 0 Å². The molecule has 1 fully saturated rings. The van der Waals surface area contributed by atoms with Gasteiger partial charge in [-0.3, -0.25) is 0 Å². The number of ketones is 1. The molecule has 4 heteroatoms. The Labute approximate surface area is 205 Å². The Morgan fingerprint density at radius 2 is 1.00 bits per heavy atom. The van der Waals surface area contributed by atoms with E-state index in [-0.39, 0.29) is 39.9 Å². The molecule has 0 spiro atoms. The van der Waals surface area contributed by atoms with Crippen molar-refractivity contribution in [2.45, 2.75) is 0 Å². The van der Waals surface area contributed by atoms with Crippen molar-refractivity contribution >= 4 is 17.9 Å². The molecule has 160 valence electrons. The molecule has 31 heavy (non-hydrogen) atoms. The molecular formula is C27H24Fe2O2. The van der Waals surface area contributed by atoms with Crippen LogP contribution in [0.1, 0.15) is 11.1 Å². The van der Waals surface area contributed by atoms with Crippen molar-refractivity contribution in [1.29, 1.82) is 0 Å². The van der Waals surface area contributed by atoms with Crippen LogP contribution in [-0.4, -0.2) is 19.0 Å². The summed E-state index contributed by atoms with van der Waals surface area (Å²) < 4.78 is 5.51. The zero-order valence-electron chi connectivity index (χ0n) is 17.0. The Morgan fingerprint density at radius 1 is 0.645 bits per heavy atom. The molecule has 5 rings (SSSR count). The van der Waals surface area contributed by atoms with Gasteiger partial charge >= 0.3 is 34.1 Å². The molecule has 4 aromatic carbocycles. The fourth-order valence-corrected chi connectivity index (χ4v) is 2.84. The molecule has 0 aromatic heterocycles. The first-order chi connectivity index (χ1) is 14.3. The van der Waals surface area contributed by atoms with Gasteiger partial charge in [0.15, 0.2) is 0 Å². The van der Waals surface area contributed by atoms with Crippen molar-refractivity contribution in [2.24, 2.45) is 0 Å². The molecule has 0 atom stereocenters. The smallest absolute Gasteiger partial charge is 0.390 e. The number of rotatable bonds is 2. The summed E-state index contributed by atoms with van der Waals surface area (Å²) in [4.78, 5) is 12.4. The summed E-state index contributed by atoms with van der Waals surface area (Å²) in [5.74, 6) is 0.0913. The molecule has 0 aliphatic carbocycles. The Morgan fingerprint density at radius 3 is 1.29 bits per heavy atom. The Hall–Kier alpha value is -2.45. The largest absolute Gasteiger partial charge is 2.00 e. The molecule has 0 saturated carbocycles. The predicted molar refractivity (Wildman–Crippen MR) is 120 cm³/mol. The topological polar surface area (TPSA) is 26.3 Å². The minimum absolute atomic E-state index is 0. The Kier molecular flexibility index (Phi) is 13.2. The molecule has 1 heterocycles. The Balaban J connectivity index is 0.000000331. The molecule has 0 radical (unpaired) electrons. The zero-order chi connectivity index (χ0) is 20.2. The van der Waals surface area contributed by atoms with Crippen LogP contribution in [0.2, 0.25) is 0 Å². The van der Waals surface area contributed by atoms with Gasteiger partial charge in [0.2, 0.25) is 0 Å². The van der Waals surface area contributed by atoms with Crippen molar-refractivity contribution in [1.82, 2.24) is 0 Å². The van der Waals surface area contributed by atoms with Gasteiger partial charge in [-0.2, -0.15) is 60.7 Å². The maximum atomic E-state index is 12.4. The predicted octanol–water partition coefficient (Wildman–Crippen LogP) is 6.00. The minimum atomic E-state index is 0. The summed E-state index contributed by atoms with van der Waals surface area (Å²) >= 11 is 0. The fraction of sp³-hybridized carbons (Fsp3) is 0.0741. The molecule has 2 nitrogen and oxygen atoms in total. The van der Waals surface area contributed by atoms with Crippen LogP contribution in [0, 0.1) is 0 Å². The molecular weight excluding hydrogens is 468 g/mol. The van der Waals surface area contributed by atoms with E-state index in [1.54, 1.807) is 0 Å². The van der Waals surface area contributed by atoms with E-state index in [9.17, 15) is 4.79 Å². The van der Waals surface area contributed by atoms with E-state index in [1.807, 2.05) is 121 Å². The van der Waals surface area contributed by atoms with E-state index >= 15 is 0 Å². The van der Waals surface area contributed by atoms with Gasteiger partial charge in [-0.25, -0.2) is 24.3 Å². The second-order valence-electron chi connectivity index (χ2n) is 6.52. The van der Waals surface area contributed by atoms with Gasteiger partial charge in [0, 0.05) is 13.2 Å². The van der Waals surface area contributed by atoms with Crippen LogP contribution < -0.4 is 0 Å². The monoisotopic (exact) mass is 492 g/mol. The summed E-state index contributed by atoms with van der Waals surface area (Å²) in [6.45, 7) is 0.782. The quantitative estimate of drug-likeness (QED) is 0.195. The van der Waals surface area contributed by atoms with E-state index in [4.69, 9.17) is 4.74 Å². The molecule has 0 unspecified atom stereocenters. The SMILES string of the molecule is O=C1/C(=C\[c-]2cccc2)COC/C1=C\[c-]1cccc1.[Fe+2].[Fe+2].c1cc[cH-]c1.c1cc[cH-]c1. The molecule has 1 aliphatic heterocycles. The first kappa shape index (κ1) is 26.6. The van der Waals surface area contributed by atoms with Crippen LogP contribution in [0.15, 0.2) is 120 Å². The van der Waals surface area contributed by atoms with Crippen LogP contribution >= 0.6 is 0 Å². The van der Waals surface area contributed by atoms with Crippen molar-refractivity contribution in [2.75, 3.05) is 13.2 Å². The molecule has 0 amide bonds. The van der Waals surface area contributed by atoms with E-state index in [0.717, 1.165) is 22.3 Å². The molecule has 1 saturated heterocycles. The van der Waals surface area contributed by atoms with Gasteiger partial charge in [-0.05, 0) is 0 Å². The third kappa shape index (κ3) is 9.48. The first-order valence-corrected chi connectivity index (χ1v) is 9.63. The molecule has 0 bridgehead atoms. The summed E-state index contributed by atoms with van der Waals surface area (Å²) in [5, 5.41) is 0. The van der Waals surface area contributed by atoms with Crippen molar-refractivity contribution in [3.63, 3.8) is 0 Å². The van der Waals surface area contributed by atoms with Crippen molar-refractivity contribution in [3.05, 3.63) is 131 Å². The molecule has 4 aromatic rings. The summed E-state index contributed by atoms with van der Waals surface area (Å²) in [6, 6.07) is 35.8. The third-order valence-electron chi connectivity index (χ3n) is 4.27. The summed E-state index contributed by atoms with van der Waals surface area (Å²) in [6.07, 6.45) is 3.81. The number of hydrogen-bond acceptors (Lipinski definition) is 2. The van der Waals surface area contributed by atoms with E-state index < -0.39 is 0 Å². The summed E-state index contributed by atoms with van der Waals surface area (Å²) in [5.41, 5.74) is 3.52. The zero-order valence-corrected chi connectivity index (χ0v) is 19.2. The average molecular weight is 492 g/mol. The van der Waals surface area contributed by atoms with Crippen LogP contribution in [0.4, 0.5) is 0 Å². The van der Waals surface area contributed by atoms with E-state index in [2.05, 4.69) is 0 Å². The van der Waals surface area contributed by atoms with Crippen LogP contribution in [0.5, 0.6) is 0 Å². The van der Waals surface area contributed by atoms with Gasteiger partial charge in [-0.1, -0.05) is 11.1 Å². The van der Waals surface area contributed by atoms with Gasteiger partial charge in [0.25, 0.3) is 0 Å². The molecule has 0 N–H and O–H groups in total. The van der Waals surface area contributed by atoms with Gasteiger partial charge in [0.1, 0.15) is 5.78 Å². The van der Waals surface area contributed by atoms with Crippen LogP contribution in [0.3, 0.4) is 0 Å². The first-order valence-electron chi connectivity index (χ1n) is 9.63. The number of Topliss-reactive ketones (excluding diaryl/α,β-unsaturated/α-hetero) is 1. The van der Waals surface area contributed by atoms with Crippen molar-refractivity contribution < 1.29 is 43.7 Å². The standard InChI is InChI=1S/C17H14O2.2C5H5.2Fe/c18-17-15(9-13-5-1-2-6-13)11-19-12-16(17)10-14-7-3-4-8-14;2*1-2-4-5-3-1;;/h1-10H,11-12H2;2*1-5H;;/q-2;2*-1;2*+2/b15-9-,16-10+;;;;. The fourth-order valence-electron chi connectivity index (χ4n) is 2.84. The number of carbonyl (C=O) groups excluding carboxylic acids is 1. The minimum Gasteiger partial charge on any atom is -0.390 e. The van der Waals surface area contributed by atoms with E-state index in [0.29, 0.717) is 13.2 Å². The van der Waals surface area contributed by atoms with Crippen LogP contribution in [0.25, 0.3) is 12.2 Å². The number of ether oxygens (including phenoxy) is 1. The average Bonchev–Trinajstić information content (AvgIpc) is 3.54. The second-order valence-corrected chi connectivity index (χ2v) is 6.52.